The van der Waals surface area contributed by atoms with Gasteiger partial charge in [-0.2, -0.15) is 0 Å². The minimum Gasteiger partial charge on any atom is -0.496 e. The summed E-state index contributed by atoms with van der Waals surface area (Å²) in [6, 6.07) is 10.7. The van der Waals surface area contributed by atoms with Crippen molar-refractivity contribution in [2.24, 2.45) is 0 Å². The highest BCUT2D eigenvalue weighted by Gasteiger charge is 2.35. The van der Waals surface area contributed by atoms with Gasteiger partial charge in [0.15, 0.2) is 0 Å². The number of aromatic nitrogens is 3. The Kier molecular flexibility index (Phi) is 7.28. The van der Waals surface area contributed by atoms with Crippen LogP contribution in [-0.4, -0.2) is 38.4 Å². The second-order valence-electron chi connectivity index (χ2n) is 9.78. The standard InChI is InChI=1S/C28H31N3O7/c1-16(2)38-22(19-9-7-8-10-21(19)36-6)15-30-20-12-11-18(24-29-13-14-37-24)17(3)23(20)25(32)31(27(30)35)28(4,5)26(33)34/h7-14,16,22H,15H2,1-6H3,(H,33,34). The van der Waals surface area contributed by atoms with Crippen LogP contribution in [0.3, 0.4) is 0 Å². The van der Waals surface area contributed by atoms with Crippen molar-refractivity contribution in [3.8, 4) is 17.2 Å². The van der Waals surface area contributed by atoms with Crippen LogP contribution in [0.4, 0.5) is 0 Å². The maximum absolute atomic E-state index is 13.9. The Morgan fingerprint density at radius 2 is 1.87 bits per heavy atom. The fourth-order valence-electron chi connectivity index (χ4n) is 4.61. The van der Waals surface area contributed by atoms with Gasteiger partial charge in [0.1, 0.15) is 23.7 Å². The molecule has 0 radical (unpaired) electrons. The molecule has 1 atom stereocenters. The number of benzene rings is 2. The van der Waals surface area contributed by atoms with Crippen LogP contribution in [0.5, 0.6) is 5.75 Å². The molecule has 2 aromatic heterocycles. The number of rotatable bonds is 9. The van der Waals surface area contributed by atoms with Gasteiger partial charge in [0, 0.05) is 11.1 Å². The van der Waals surface area contributed by atoms with E-state index in [4.69, 9.17) is 13.9 Å². The Hall–Kier alpha value is -4.18. The van der Waals surface area contributed by atoms with Crippen molar-refractivity contribution in [1.29, 1.82) is 0 Å². The predicted molar refractivity (Wildman–Crippen MR) is 142 cm³/mol. The van der Waals surface area contributed by atoms with E-state index in [1.54, 1.807) is 32.2 Å². The summed E-state index contributed by atoms with van der Waals surface area (Å²) in [6.07, 6.45) is 2.07. The number of carboxylic acids is 1. The third kappa shape index (κ3) is 4.63. The molecule has 1 N–H and O–H groups in total. The topological polar surface area (TPSA) is 126 Å². The molecule has 0 bridgehead atoms. The van der Waals surface area contributed by atoms with Crippen LogP contribution >= 0.6 is 0 Å². The molecule has 0 fully saturated rings. The van der Waals surface area contributed by atoms with Crippen molar-refractivity contribution >= 4 is 16.9 Å². The number of nitrogens with zero attached hydrogens (tertiary/aromatic N) is 3. The highest BCUT2D eigenvalue weighted by atomic mass is 16.5. The number of hydrogen-bond donors (Lipinski definition) is 1. The molecule has 0 aliphatic rings. The van der Waals surface area contributed by atoms with Crippen LogP contribution < -0.4 is 16.0 Å². The summed E-state index contributed by atoms with van der Waals surface area (Å²) in [5, 5.41) is 10.1. The number of carbonyl (C=O) groups is 1. The second kappa shape index (κ2) is 10.3. The second-order valence-corrected chi connectivity index (χ2v) is 9.78. The van der Waals surface area contributed by atoms with Crippen LogP contribution in [0.25, 0.3) is 22.4 Å². The third-order valence-corrected chi connectivity index (χ3v) is 6.59. The number of methoxy groups -OCH3 is 1. The summed E-state index contributed by atoms with van der Waals surface area (Å²) in [6.45, 7) is 8.13. The maximum atomic E-state index is 13.9. The molecule has 10 nitrogen and oxygen atoms in total. The lowest BCUT2D eigenvalue weighted by Crippen LogP contribution is -2.53. The number of para-hydroxylation sites is 1. The molecule has 4 aromatic rings. The number of aryl methyl sites for hydroxylation is 1. The molecule has 38 heavy (non-hydrogen) atoms. The molecule has 1 unspecified atom stereocenters. The zero-order valence-corrected chi connectivity index (χ0v) is 22.2. The predicted octanol–water partition coefficient (Wildman–Crippen LogP) is 4.12. The van der Waals surface area contributed by atoms with Gasteiger partial charge in [-0.25, -0.2) is 19.1 Å². The Balaban J connectivity index is 2.07. The van der Waals surface area contributed by atoms with Crippen molar-refractivity contribution in [3.63, 3.8) is 0 Å². The van der Waals surface area contributed by atoms with Crippen LogP contribution in [0, 0.1) is 6.92 Å². The lowest BCUT2D eigenvalue weighted by molar-refractivity contribution is -0.146. The smallest absolute Gasteiger partial charge is 0.332 e. The van der Waals surface area contributed by atoms with Gasteiger partial charge in [-0.15, -0.1) is 0 Å². The highest BCUT2D eigenvalue weighted by Crippen LogP contribution is 2.32. The van der Waals surface area contributed by atoms with E-state index in [2.05, 4.69) is 4.98 Å². The molecule has 0 spiro atoms. The molecular weight excluding hydrogens is 490 g/mol. The lowest BCUT2D eigenvalue weighted by atomic mass is 10.0. The van der Waals surface area contributed by atoms with E-state index in [0.29, 0.717) is 33.8 Å². The largest absolute Gasteiger partial charge is 0.496 e. The number of ether oxygens (including phenoxy) is 2. The van der Waals surface area contributed by atoms with E-state index in [1.807, 2.05) is 32.0 Å². The zero-order chi connectivity index (χ0) is 27.8. The Labute approximate surface area is 219 Å². The molecule has 4 rings (SSSR count). The first-order chi connectivity index (χ1) is 18.0. The van der Waals surface area contributed by atoms with Crippen LogP contribution in [-0.2, 0) is 21.6 Å². The Morgan fingerprint density at radius 3 is 2.47 bits per heavy atom. The summed E-state index contributed by atoms with van der Waals surface area (Å²) in [5.41, 5.74) is -1.16. The van der Waals surface area contributed by atoms with Crippen LogP contribution in [0.2, 0.25) is 0 Å². The maximum Gasteiger partial charge on any atom is 0.332 e. The molecule has 2 heterocycles. The first kappa shape index (κ1) is 26.9. The molecule has 2 aromatic carbocycles. The molecule has 200 valence electrons. The molecular formula is C28H31N3O7. The van der Waals surface area contributed by atoms with E-state index in [1.165, 1.54) is 30.9 Å². The van der Waals surface area contributed by atoms with E-state index >= 15 is 0 Å². The number of oxazole rings is 1. The fourth-order valence-corrected chi connectivity index (χ4v) is 4.61. The van der Waals surface area contributed by atoms with Crippen molar-refractivity contribution in [2.75, 3.05) is 7.11 Å². The quantitative estimate of drug-likeness (QED) is 0.349. The van der Waals surface area contributed by atoms with Gasteiger partial charge < -0.3 is 19.0 Å². The lowest BCUT2D eigenvalue weighted by Gasteiger charge is -2.27. The van der Waals surface area contributed by atoms with E-state index in [9.17, 15) is 19.5 Å². The van der Waals surface area contributed by atoms with Crippen molar-refractivity contribution in [1.82, 2.24) is 14.1 Å². The highest BCUT2D eigenvalue weighted by molar-refractivity contribution is 5.88. The number of aliphatic carboxylic acids is 1. The van der Waals surface area contributed by atoms with Gasteiger partial charge in [-0.3, -0.25) is 9.36 Å². The van der Waals surface area contributed by atoms with Crippen molar-refractivity contribution < 1.29 is 23.8 Å². The molecule has 10 heteroatoms. The Bertz CT molecular complexity index is 1600. The van der Waals surface area contributed by atoms with Crippen LogP contribution in [0.1, 0.15) is 44.9 Å². The van der Waals surface area contributed by atoms with Gasteiger partial charge in [-0.05, 0) is 58.4 Å². The average Bonchev–Trinajstić information content (AvgIpc) is 3.40. The minimum absolute atomic E-state index is 0.00164. The van der Waals surface area contributed by atoms with Gasteiger partial charge in [0.2, 0.25) is 5.89 Å². The number of fused-ring (bicyclic) bond motifs is 1. The minimum atomic E-state index is -1.83. The summed E-state index contributed by atoms with van der Waals surface area (Å²) in [4.78, 5) is 44.1. The molecule has 0 aliphatic heterocycles. The van der Waals surface area contributed by atoms with Crippen molar-refractivity contribution in [2.45, 2.75) is 58.9 Å². The number of carboxylic acid groups (broad SMARTS) is 1. The number of hydrogen-bond acceptors (Lipinski definition) is 7. The van der Waals surface area contributed by atoms with Crippen LogP contribution in [0.15, 0.2) is 62.9 Å². The first-order valence-electron chi connectivity index (χ1n) is 12.2. The van der Waals surface area contributed by atoms with Crippen molar-refractivity contribution in [3.05, 3.63) is 80.8 Å². The van der Waals surface area contributed by atoms with E-state index < -0.39 is 28.9 Å². The van der Waals surface area contributed by atoms with E-state index in [-0.39, 0.29) is 18.0 Å². The normalized spacial score (nSPS) is 12.7. The van der Waals surface area contributed by atoms with Gasteiger partial charge in [-0.1, -0.05) is 18.2 Å². The SMILES string of the molecule is COc1ccccc1C(Cn1c(=O)n(C(C)(C)C(=O)O)c(=O)c2c(C)c(-c3ncco3)ccc21)OC(C)C. The molecule has 0 saturated heterocycles. The average molecular weight is 522 g/mol. The summed E-state index contributed by atoms with van der Waals surface area (Å²) < 4.78 is 19.4. The first-order valence-corrected chi connectivity index (χ1v) is 12.2. The monoisotopic (exact) mass is 521 g/mol. The molecule has 0 saturated carbocycles. The van der Waals surface area contributed by atoms with E-state index in [0.717, 1.165) is 4.57 Å². The van der Waals surface area contributed by atoms with Gasteiger partial charge in [0.25, 0.3) is 5.56 Å². The summed E-state index contributed by atoms with van der Waals surface area (Å²) in [5.74, 6) is -0.429. The zero-order valence-electron chi connectivity index (χ0n) is 22.2. The Morgan fingerprint density at radius 1 is 1.16 bits per heavy atom. The molecule has 0 amide bonds. The summed E-state index contributed by atoms with van der Waals surface area (Å²) >= 11 is 0. The molecule has 0 aliphatic carbocycles. The van der Waals surface area contributed by atoms with Gasteiger partial charge >= 0.3 is 11.7 Å². The summed E-state index contributed by atoms with van der Waals surface area (Å²) in [7, 11) is 1.55. The fraction of sp³-hybridized carbons (Fsp3) is 0.357. The third-order valence-electron chi connectivity index (χ3n) is 6.59. The van der Waals surface area contributed by atoms with Gasteiger partial charge in [0.05, 0.1) is 36.9 Å².